The SMILES string of the molecule is COC(C)C(O)C(=O)Nc1cccc(-c2c(F)cccc2F)c1. The maximum Gasteiger partial charge on any atom is 0.255 e. The summed E-state index contributed by atoms with van der Waals surface area (Å²) in [4.78, 5) is 11.9. The summed E-state index contributed by atoms with van der Waals surface area (Å²) in [6.07, 6.45) is -2.03. The molecule has 1 amide bonds. The Hall–Kier alpha value is -2.31. The predicted octanol–water partition coefficient (Wildman–Crippen LogP) is 2.97. The minimum Gasteiger partial charge on any atom is -0.381 e. The highest BCUT2D eigenvalue weighted by Crippen LogP contribution is 2.28. The fourth-order valence-corrected chi connectivity index (χ4v) is 2.08. The van der Waals surface area contributed by atoms with Crippen LogP contribution in [0.2, 0.25) is 0 Å². The standard InChI is InChI=1S/C17H17F2NO3/c1-10(23-2)16(21)17(22)20-12-6-3-5-11(9-12)15-13(18)7-4-8-14(15)19/h3-10,16,21H,1-2H3,(H,20,22). The number of hydrogen-bond acceptors (Lipinski definition) is 3. The van der Waals surface area contributed by atoms with Crippen molar-refractivity contribution >= 4 is 11.6 Å². The lowest BCUT2D eigenvalue weighted by Gasteiger charge is -2.17. The Morgan fingerprint density at radius 3 is 2.39 bits per heavy atom. The Balaban J connectivity index is 2.26. The van der Waals surface area contributed by atoms with Crippen molar-refractivity contribution in [3.63, 3.8) is 0 Å². The molecule has 0 fully saturated rings. The molecule has 2 rings (SSSR count). The van der Waals surface area contributed by atoms with E-state index in [0.717, 1.165) is 12.1 Å². The molecule has 0 aliphatic heterocycles. The minimum atomic E-state index is -1.35. The lowest BCUT2D eigenvalue weighted by atomic mass is 10.0. The van der Waals surface area contributed by atoms with Crippen LogP contribution in [0.15, 0.2) is 42.5 Å². The highest BCUT2D eigenvalue weighted by molar-refractivity contribution is 5.95. The maximum atomic E-state index is 13.8. The number of hydrogen-bond donors (Lipinski definition) is 2. The number of rotatable bonds is 5. The third-order valence-corrected chi connectivity index (χ3v) is 3.47. The van der Waals surface area contributed by atoms with Gasteiger partial charge in [0, 0.05) is 12.8 Å². The minimum absolute atomic E-state index is 0.172. The number of benzene rings is 2. The number of amides is 1. The van der Waals surface area contributed by atoms with Crippen LogP contribution in [0.25, 0.3) is 11.1 Å². The van der Waals surface area contributed by atoms with Gasteiger partial charge in [-0.05, 0) is 36.8 Å². The molecule has 122 valence electrons. The van der Waals surface area contributed by atoms with Gasteiger partial charge in [0.15, 0.2) is 6.10 Å². The largest absolute Gasteiger partial charge is 0.381 e. The lowest BCUT2D eigenvalue weighted by molar-refractivity contribution is -0.130. The maximum absolute atomic E-state index is 13.8. The molecule has 0 aliphatic rings. The van der Waals surface area contributed by atoms with Crippen LogP contribution in [-0.2, 0) is 9.53 Å². The first-order chi connectivity index (χ1) is 10.9. The Morgan fingerprint density at radius 2 is 1.78 bits per heavy atom. The average molecular weight is 321 g/mol. The van der Waals surface area contributed by atoms with Gasteiger partial charge in [0.25, 0.3) is 5.91 Å². The van der Waals surface area contributed by atoms with Crippen molar-refractivity contribution in [2.45, 2.75) is 19.1 Å². The molecule has 2 atom stereocenters. The van der Waals surface area contributed by atoms with Crippen molar-refractivity contribution in [1.29, 1.82) is 0 Å². The summed E-state index contributed by atoms with van der Waals surface area (Å²) in [6, 6.07) is 9.69. The van der Waals surface area contributed by atoms with Crippen LogP contribution in [0.1, 0.15) is 6.92 Å². The van der Waals surface area contributed by atoms with Gasteiger partial charge in [-0.3, -0.25) is 4.79 Å². The number of anilines is 1. The first-order valence-corrected chi connectivity index (χ1v) is 7.00. The smallest absolute Gasteiger partial charge is 0.255 e. The molecule has 23 heavy (non-hydrogen) atoms. The predicted molar refractivity (Wildman–Crippen MR) is 82.9 cm³/mol. The summed E-state index contributed by atoms with van der Waals surface area (Å²) in [5, 5.41) is 12.3. The van der Waals surface area contributed by atoms with Gasteiger partial charge in [-0.25, -0.2) is 8.78 Å². The summed E-state index contributed by atoms with van der Waals surface area (Å²) in [5.41, 5.74) is 0.430. The number of aliphatic hydroxyl groups excluding tert-OH is 1. The zero-order chi connectivity index (χ0) is 17.0. The van der Waals surface area contributed by atoms with Crippen LogP contribution in [0.3, 0.4) is 0 Å². The molecule has 0 bridgehead atoms. The molecule has 2 aromatic carbocycles. The second-order valence-corrected chi connectivity index (χ2v) is 5.05. The van der Waals surface area contributed by atoms with Gasteiger partial charge in [0.2, 0.25) is 0 Å². The quantitative estimate of drug-likeness (QED) is 0.890. The molecule has 0 saturated carbocycles. The van der Waals surface area contributed by atoms with Crippen molar-refractivity contribution in [2.75, 3.05) is 12.4 Å². The van der Waals surface area contributed by atoms with E-state index in [4.69, 9.17) is 4.74 Å². The number of methoxy groups -OCH3 is 1. The average Bonchev–Trinajstić information content (AvgIpc) is 2.53. The second-order valence-electron chi connectivity index (χ2n) is 5.05. The molecule has 4 nitrogen and oxygen atoms in total. The van der Waals surface area contributed by atoms with Crippen LogP contribution < -0.4 is 5.32 Å². The van der Waals surface area contributed by atoms with Gasteiger partial charge in [0.1, 0.15) is 11.6 Å². The Kier molecular flexibility index (Phi) is 5.41. The molecule has 0 aromatic heterocycles. The summed E-state index contributed by atoms with van der Waals surface area (Å²) >= 11 is 0. The van der Waals surface area contributed by atoms with Crippen molar-refractivity contribution < 1.29 is 23.4 Å². The third-order valence-electron chi connectivity index (χ3n) is 3.47. The van der Waals surface area contributed by atoms with E-state index < -0.39 is 29.7 Å². The summed E-state index contributed by atoms with van der Waals surface area (Å²) in [6.45, 7) is 1.55. The van der Waals surface area contributed by atoms with E-state index in [1.807, 2.05) is 0 Å². The first kappa shape index (κ1) is 17.1. The van der Waals surface area contributed by atoms with Gasteiger partial charge in [0.05, 0.1) is 11.7 Å². The molecule has 2 aromatic rings. The lowest BCUT2D eigenvalue weighted by Crippen LogP contribution is -2.37. The van der Waals surface area contributed by atoms with Crippen LogP contribution in [0.5, 0.6) is 0 Å². The van der Waals surface area contributed by atoms with Crippen LogP contribution >= 0.6 is 0 Å². The molecule has 2 unspecified atom stereocenters. The number of ether oxygens (including phenoxy) is 1. The molecule has 6 heteroatoms. The Bertz CT molecular complexity index is 686. The molecule has 0 spiro atoms. The highest BCUT2D eigenvalue weighted by Gasteiger charge is 2.22. The highest BCUT2D eigenvalue weighted by atomic mass is 19.1. The molecule has 0 heterocycles. The molecular formula is C17H17F2NO3. The van der Waals surface area contributed by atoms with E-state index in [1.165, 1.54) is 25.3 Å². The van der Waals surface area contributed by atoms with Gasteiger partial charge in [-0.15, -0.1) is 0 Å². The molecule has 0 saturated heterocycles. The molecule has 2 N–H and O–H groups in total. The third kappa shape index (κ3) is 3.91. The summed E-state index contributed by atoms with van der Waals surface area (Å²) < 4.78 is 32.5. The zero-order valence-corrected chi connectivity index (χ0v) is 12.7. The number of aliphatic hydroxyl groups is 1. The topological polar surface area (TPSA) is 58.6 Å². The van der Waals surface area contributed by atoms with E-state index in [9.17, 15) is 18.7 Å². The van der Waals surface area contributed by atoms with Crippen molar-refractivity contribution in [2.24, 2.45) is 0 Å². The number of carbonyl (C=O) groups is 1. The van der Waals surface area contributed by atoms with E-state index in [2.05, 4.69) is 5.32 Å². The van der Waals surface area contributed by atoms with Crippen LogP contribution in [0, 0.1) is 11.6 Å². The monoisotopic (exact) mass is 321 g/mol. The van der Waals surface area contributed by atoms with E-state index >= 15 is 0 Å². The zero-order valence-electron chi connectivity index (χ0n) is 12.7. The number of halogens is 2. The van der Waals surface area contributed by atoms with Crippen molar-refractivity contribution in [3.05, 3.63) is 54.1 Å². The Labute approximate surface area is 132 Å². The number of nitrogens with one attached hydrogen (secondary N) is 1. The van der Waals surface area contributed by atoms with E-state index in [0.29, 0.717) is 5.69 Å². The number of carbonyl (C=O) groups excluding carboxylic acids is 1. The van der Waals surface area contributed by atoms with E-state index in [-0.39, 0.29) is 11.1 Å². The second kappa shape index (κ2) is 7.30. The van der Waals surface area contributed by atoms with E-state index in [1.54, 1.807) is 19.1 Å². The van der Waals surface area contributed by atoms with Gasteiger partial charge >= 0.3 is 0 Å². The van der Waals surface area contributed by atoms with Crippen molar-refractivity contribution in [3.8, 4) is 11.1 Å². The van der Waals surface area contributed by atoms with Gasteiger partial charge in [-0.2, -0.15) is 0 Å². The first-order valence-electron chi connectivity index (χ1n) is 7.00. The van der Waals surface area contributed by atoms with Gasteiger partial charge < -0.3 is 15.2 Å². The molecule has 0 radical (unpaired) electrons. The van der Waals surface area contributed by atoms with Gasteiger partial charge in [-0.1, -0.05) is 18.2 Å². The fourth-order valence-electron chi connectivity index (χ4n) is 2.08. The van der Waals surface area contributed by atoms with Crippen molar-refractivity contribution in [1.82, 2.24) is 0 Å². The fraction of sp³-hybridized carbons (Fsp3) is 0.235. The molecular weight excluding hydrogens is 304 g/mol. The summed E-state index contributed by atoms with van der Waals surface area (Å²) in [7, 11) is 1.38. The Morgan fingerprint density at radius 1 is 1.17 bits per heavy atom. The van der Waals surface area contributed by atoms with Crippen LogP contribution in [-0.4, -0.2) is 30.3 Å². The molecule has 0 aliphatic carbocycles. The normalized spacial score (nSPS) is 13.4. The van der Waals surface area contributed by atoms with Crippen LogP contribution in [0.4, 0.5) is 14.5 Å². The summed E-state index contributed by atoms with van der Waals surface area (Å²) in [5.74, 6) is -2.05.